The van der Waals surface area contributed by atoms with Gasteiger partial charge < -0.3 is 15.0 Å². The van der Waals surface area contributed by atoms with Gasteiger partial charge in [-0.15, -0.1) is 0 Å². The van der Waals surface area contributed by atoms with Gasteiger partial charge in [-0.1, -0.05) is 17.7 Å². The Hall–Kier alpha value is -1.88. The third kappa shape index (κ3) is 3.14. The van der Waals surface area contributed by atoms with Gasteiger partial charge in [-0.3, -0.25) is 4.98 Å². The molecule has 22 heavy (non-hydrogen) atoms. The van der Waals surface area contributed by atoms with Crippen LogP contribution in [-0.2, 0) is 6.54 Å². The Balaban J connectivity index is 2.03. The fourth-order valence-corrected chi connectivity index (χ4v) is 2.71. The van der Waals surface area contributed by atoms with Crippen LogP contribution in [0.15, 0.2) is 54.0 Å². The number of hydrogen-bond donors (Lipinski definition) is 2. The van der Waals surface area contributed by atoms with Crippen molar-refractivity contribution >= 4 is 28.2 Å². The Bertz CT molecular complexity index is 758. The summed E-state index contributed by atoms with van der Waals surface area (Å²) in [5.74, 6) is 0. The Labute approximate surface area is 134 Å². The average Bonchev–Trinajstić information content (AvgIpc) is 2.76. The topological polar surface area (TPSA) is 50.1 Å². The number of aliphatic hydroxyl groups is 1. The van der Waals surface area contributed by atoms with Gasteiger partial charge >= 0.3 is 0 Å². The van der Waals surface area contributed by atoms with Gasteiger partial charge in [-0.2, -0.15) is 0 Å². The van der Waals surface area contributed by atoms with E-state index in [1.54, 1.807) is 6.20 Å². The van der Waals surface area contributed by atoms with Crippen LogP contribution in [0.1, 0.15) is 12.0 Å². The Kier molecular flexibility index (Phi) is 4.73. The minimum absolute atomic E-state index is 0.136. The van der Waals surface area contributed by atoms with Crippen molar-refractivity contribution in [1.29, 1.82) is 0 Å². The fourth-order valence-electron chi connectivity index (χ4n) is 2.55. The Morgan fingerprint density at radius 3 is 3.14 bits per heavy atom. The minimum atomic E-state index is 0.136. The third-order valence-corrected chi connectivity index (χ3v) is 3.89. The number of pyridine rings is 1. The summed E-state index contributed by atoms with van der Waals surface area (Å²) < 4.78 is 2.13. The number of hydrogen-bond acceptors (Lipinski definition) is 3. The molecule has 2 aromatic rings. The van der Waals surface area contributed by atoms with Crippen LogP contribution in [0.5, 0.6) is 0 Å². The van der Waals surface area contributed by atoms with Crippen LogP contribution < -0.4 is 5.32 Å². The lowest BCUT2D eigenvalue weighted by molar-refractivity contribution is 0.292. The van der Waals surface area contributed by atoms with Gasteiger partial charge in [0.15, 0.2) is 0 Å². The molecule has 4 nitrogen and oxygen atoms in total. The fraction of sp³-hybridized carbons (Fsp3) is 0.235. The van der Waals surface area contributed by atoms with Crippen molar-refractivity contribution in [2.75, 3.05) is 13.2 Å². The second-order valence-corrected chi connectivity index (χ2v) is 5.61. The number of halogens is 1. The van der Waals surface area contributed by atoms with Crippen molar-refractivity contribution in [2.45, 2.75) is 13.0 Å². The molecule has 2 aromatic heterocycles. The molecule has 0 amide bonds. The van der Waals surface area contributed by atoms with E-state index in [0.29, 0.717) is 13.1 Å². The Morgan fingerprint density at radius 2 is 2.27 bits per heavy atom. The first-order valence-electron chi connectivity index (χ1n) is 7.28. The molecule has 0 saturated heterocycles. The molecule has 0 atom stereocenters. The minimum Gasteiger partial charge on any atom is -0.395 e. The van der Waals surface area contributed by atoms with E-state index in [2.05, 4.69) is 33.2 Å². The molecule has 0 aromatic carbocycles. The molecule has 114 valence electrons. The zero-order chi connectivity index (χ0) is 15.4. The van der Waals surface area contributed by atoms with Gasteiger partial charge in [0.05, 0.1) is 18.3 Å². The van der Waals surface area contributed by atoms with Crippen LogP contribution in [-0.4, -0.2) is 27.8 Å². The van der Waals surface area contributed by atoms with E-state index in [1.807, 2.05) is 24.4 Å². The van der Waals surface area contributed by atoms with Crippen LogP contribution >= 0.6 is 11.6 Å². The highest BCUT2D eigenvalue weighted by molar-refractivity contribution is 6.29. The molecular weight excluding hydrogens is 298 g/mol. The van der Waals surface area contributed by atoms with Crippen LogP contribution in [0.3, 0.4) is 0 Å². The summed E-state index contributed by atoms with van der Waals surface area (Å²) >= 11 is 6.09. The zero-order valence-electron chi connectivity index (χ0n) is 12.2. The highest BCUT2D eigenvalue weighted by Gasteiger charge is 2.10. The number of aromatic nitrogens is 2. The quantitative estimate of drug-likeness (QED) is 0.834. The van der Waals surface area contributed by atoms with Crippen LogP contribution in [0.25, 0.3) is 16.6 Å². The normalized spacial score (nSPS) is 14.8. The first-order valence-corrected chi connectivity index (χ1v) is 7.66. The molecule has 2 heterocycles. The van der Waals surface area contributed by atoms with Crippen LogP contribution in [0.4, 0.5) is 0 Å². The molecule has 0 unspecified atom stereocenters. The standard InChI is InChI=1S/C17H18ClN3O/c18-14-2-1-3-15(5-4-14)21-12-13(10-20-8-9-22)16-6-7-19-11-17(16)21/h1,3-7,11-12,20,22H,2,8-10H2. The van der Waals surface area contributed by atoms with E-state index in [9.17, 15) is 0 Å². The molecule has 2 N–H and O–H groups in total. The summed E-state index contributed by atoms with van der Waals surface area (Å²) in [6, 6.07) is 2.02. The first kappa shape index (κ1) is 15.0. The molecule has 0 saturated carbocycles. The monoisotopic (exact) mass is 315 g/mol. The molecule has 1 aliphatic carbocycles. The smallest absolute Gasteiger partial charge is 0.0715 e. The number of aliphatic hydroxyl groups excluding tert-OH is 1. The zero-order valence-corrected chi connectivity index (χ0v) is 12.9. The lowest BCUT2D eigenvalue weighted by Crippen LogP contribution is -2.17. The second kappa shape index (κ2) is 6.92. The number of allylic oxidation sites excluding steroid dienone is 6. The van der Waals surface area contributed by atoms with E-state index in [0.717, 1.165) is 28.1 Å². The van der Waals surface area contributed by atoms with Gasteiger partial charge in [0.1, 0.15) is 0 Å². The van der Waals surface area contributed by atoms with Crippen molar-refractivity contribution in [3.8, 4) is 0 Å². The first-order chi connectivity index (χ1) is 10.8. The molecule has 0 bridgehead atoms. The van der Waals surface area contributed by atoms with Crippen molar-refractivity contribution in [2.24, 2.45) is 0 Å². The van der Waals surface area contributed by atoms with E-state index in [1.165, 1.54) is 5.56 Å². The summed E-state index contributed by atoms with van der Waals surface area (Å²) in [6.45, 7) is 1.43. The number of nitrogens with one attached hydrogen (secondary N) is 1. The predicted octanol–water partition coefficient (Wildman–Crippen LogP) is 3.04. The summed E-state index contributed by atoms with van der Waals surface area (Å²) in [7, 11) is 0. The summed E-state index contributed by atoms with van der Waals surface area (Å²) in [5.41, 5.74) is 3.30. The molecule has 3 rings (SSSR count). The maximum Gasteiger partial charge on any atom is 0.0715 e. The van der Waals surface area contributed by atoms with Gasteiger partial charge in [0, 0.05) is 48.0 Å². The number of rotatable bonds is 5. The lowest BCUT2D eigenvalue weighted by Gasteiger charge is -2.04. The van der Waals surface area contributed by atoms with Crippen LogP contribution in [0, 0.1) is 0 Å². The maximum atomic E-state index is 8.91. The molecule has 1 aliphatic rings. The lowest BCUT2D eigenvalue weighted by atomic mass is 10.2. The average molecular weight is 316 g/mol. The summed E-state index contributed by atoms with van der Waals surface area (Å²) in [4.78, 5) is 4.24. The van der Waals surface area contributed by atoms with Crippen LogP contribution in [0.2, 0.25) is 0 Å². The van der Waals surface area contributed by atoms with E-state index < -0.39 is 0 Å². The maximum absolute atomic E-state index is 8.91. The molecule has 0 fully saturated rings. The largest absolute Gasteiger partial charge is 0.395 e. The highest BCUT2D eigenvalue weighted by Crippen LogP contribution is 2.26. The molecular formula is C17H18ClN3O. The van der Waals surface area contributed by atoms with Gasteiger partial charge in [0.2, 0.25) is 0 Å². The molecule has 0 aliphatic heterocycles. The van der Waals surface area contributed by atoms with Gasteiger partial charge in [-0.25, -0.2) is 0 Å². The van der Waals surface area contributed by atoms with Crippen molar-refractivity contribution < 1.29 is 5.11 Å². The SMILES string of the molecule is OCCNCc1cn(C2=CC=C(Cl)CC=C2)c2cnccc12. The third-order valence-electron chi connectivity index (χ3n) is 3.61. The number of nitrogens with zero attached hydrogens (tertiary/aromatic N) is 2. The van der Waals surface area contributed by atoms with E-state index >= 15 is 0 Å². The highest BCUT2D eigenvalue weighted by atomic mass is 35.5. The van der Waals surface area contributed by atoms with Crippen molar-refractivity contribution in [3.63, 3.8) is 0 Å². The molecule has 5 heteroatoms. The van der Waals surface area contributed by atoms with E-state index in [-0.39, 0.29) is 6.61 Å². The van der Waals surface area contributed by atoms with E-state index in [4.69, 9.17) is 16.7 Å². The summed E-state index contributed by atoms with van der Waals surface area (Å²) in [5, 5.41) is 14.1. The van der Waals surface area contributed by atoms with Crippen molar-refractivity contribution in [1.82, 2.24) is 14.9 Å². The molecule has 0 radical (unpaired) electrons. The van der Waals surface area contributed by atoms with Gasteiger partial charge in [0.25, 0.3) is 0 Å². The predicted molar refractivity (Wildman–Crippen MR) is 90.5 cm³/mol. The Morgan fingerprint density at radius 1 is 1.36 bits per heavy atom. The number of fused-ring (bicyclic) bond motifs is 1. The second-order valence-electron chi connectivity index (χ2n) is 5.13. The van der Waals surface area contributed by atoms with Gasteiger partial charge in [-0.05, 0) is 29.9 Å². The summed E-state index contributed by atoms with van der Waals surface area (Å²) in [6.07, 6.45) is 14.6. The molecule has 0 spiro atoms. The van der Waals surface area contributed by atoms with Crippen molar-refractivity contribution in [3.05, 3.63) is 59.6 Å².